The van der Waals surface area contributed by atoms with Gasteiger partial charge in [-0.1, -0.05) is 38.0 Å². The Balaban J connectivity index is 1.50. The number of rotatable bonds is 3. The zero-order valence-corrected chi connectivity index (χ0v) is 16.3. The summed E-state index contributed by atoms with van der Waals surface area (Å²) in [5, 5.41) is 4.29. The molecule has 4 rings (SSSR count). The van der Waals surface area contributed by atoms with Crippen LogP contribution in [0.4, 0.5) is 5.13 Å². The number of morpholine rings is 1. The van der Waals surface area contributed by atoms with Gasteiger partial charge in [-0.25, -0.2) is 4.98 Å². The molecule has 3 atom stereocenters. The van der Waals surface area contributed by atoms with Gasteiger partial charge in [0.05, 0.1) is 23.4 Å². The van der Waals surface area contributed by atoms with Crippen molar-refractivity contribution in [3.63, 3.8) is 0 Å². The number of thiazole rings is 1. The van der Waals surface area contributed by atoms with E-state index in [1.165, 1.54) is 12.8 Å². The molecule has 0 spiro atoms. The molecule has 1 saturated carbocycles. The number of carbonyl (C=O) groups excluding carboxylic acids is 1. The molecule has 6 heteroatoms. The first kappa shape index (κ1) is 17.7. The fourth-order valence-electron chi connectivity index (χ4n) is 3.98. The quantitative estimate of drug-likeness (QED) is 0.892. The largest absolute Gasteiger partial charge is 0.378 e. The van der Waals surface area contributed by atoms with Crippen LogP contribution in [0.15, 0.2) is 18.2 Å². The standard InChI is InChI=1S/C20H27N3O2S/c1-13-4-3-5-16(14(13)2)21-19(24)15-6-7-17-18(12-15)26-20(22-17)23-8-10-25-11-9-23/h6-7,12-14,16H,3-5,8-11H2,1-2H3,(H,21,24)/t13-,14-,16-/m1/s1. The second-order valence-electron chi connectivity index (χ2n) is 7.63. The molecule has 1 saturated heterocycles. The summed E-state index contributed by atoms with van der Waals surface area (Å²) in [6, 6.07) is 6.14. The highest BCUT2D eigenvalue weighted by atomic mass is 32.1. The summed E-state index contributed by atoms with van der Waals surface area (Å²) in [4.78, 5) is 19.8. The third-order valence-corrected chi connectivity index (χ3v) is 7.02. The first-order valence-electron chi connectivity index (χ1n) is 9.66. The number of fused-ring (bicyclic) bond motifs is 1. The molecule has 2 aliphatic rings. The van der Waals surface area contributed by atoms with Crippen molar-refractivity contribution < 1.29 is 9.53 Å². The van der Waals surface area contributed by atoms with Gasteiger partial charge in [-0.2, -0.15) is 0 Å². The van der Waals surface area contributed by atoms with Crippen LogP contribution in [0, 0.1) is 11.8 Å². The van der Waals surface area contributed by atoms with Crippen molar-refractivity contribution in [2.45, 2.75) is 39.2 Å². The van der Waals surface area contributed by atoms with E-state index in [2.05, 4.69) is 24.1 Å². The number of nitrogens with one attached hydrogen (secondary N) is 1. The molecule has 0 unspecified atom stereocenters. The van der Waals surface area contributed by atoms with Gasteiger partial charge in [-0.05, 0) is 36.5 Å². The normalized spacial score (nSPS) is 26.8. The third-order valence-electron chi connectivity index (χ3n) is 5.94. The highest BCUT2D eigenvalue weighted by molar-refractivity contribution is 7.22. The molecule has 1 aliphatic heterocycles. The number of anilines is 1. The Morgan fingerprint density at radius 1 is 1.27 bits per heavy atom. The summed E-state index contributed by atoms with van der Waals surface area (Å²) in [5.74, 6) is 1.25. The lowest BCUT2D eigenvalue weighted by molar-refractivity contribution is 0.0891. The molecular weight excluding hydrogens is 346 g/mol. The molecule has 2 aromatic rings. The van der Waals surface area contributed by atoms with Gasteiger partial charge in [-0.3, -0.25) is 4.79 Å². The van der Waals surface area contributed by atoms with E-state index in [0.29, 0.717) is 11.8 Å². The van der Waals surface area contributed by atoms with Crippen LogP contribution in [-0.4, -0.2) is 43.2 Å². The summed E-state index contributed by atoms with van der Waals surface area (Å²) in [5.41, 5.74) is 1.70. The molecule has 0 bridgehead atoms. The van der Waals surface area contributed by atoms with Crippen LogP contribution >= 0.6 is 11.3 Å². The number of benzene rings is 1. The summed E-state index contributed by atoms with van der Waals surface area (Å²) >= 11 is 1.66. The number of carbonyl (C=O) groups is 1. The predicted molar refractivity (Wildman–Crippen MR) is 106 cm³/mol. The van der Waals surface area contributed by atoms with Crippen LogP contribution in [-0.2, 0) is 4.74 Å². The zero-order valence-electron chi connectivity index (χ0n) is 15.5. The molecular formula is C20H27N3O2S. The highest BCUT2D eigenvalue weighted by Crippen LogP contribution is 2.31. The van der Waals surface area contributed by atoms with Crippen molar-refractivity contribution >= 4 is 32.6 Å². The van der Waals surface area contributed by atoms with Gasteiger partial charge in [0.2, 0.25) is 0 Å². The van der Waals surface area contributed by atoms with Gasteiger partial charge >= 0.3 is 0 Å². The number of hydrogen-bond acceptors (Lipinski definition) is 5. The number of hydrogen-bond donors (Lipinski definition) is 1. The molecule has 1 amide bonds. The SMILES string of the molecule is C[C@@H]1[C@H](C)CCC[C@H]1NC(=O)c1ccc2nc(N3CCOCC3)sc2c1. The third kappa shape index (κ3) is 3.58. The van der Waals surface area contributed by atoms with Gasteiger partial charge in [0.1, 0.15) is 0 Å². The Morgan fingerprint density at radius 3 is 2.88 bits per heavy atom. The lowest BCUT2D eigenvalue weighted by Crippen LogP contribution is -2.43. The van der Waals surface area contributed by atoms with Crippen LogP contribution in [0.1, 0.15) is 43.5 Å². The second-order valence-corrected chi connectivity index (χ2v) is 8.63. The maximum absolute atomic E-state index is 12.8. The van der Waals surface area contributed by atoms with E-state index in [9.17, 15) is 4.79 Å². The Morgan fingerprint density at radius 2 is 2.08 bits per heavy atom. The van der Waals surface area contributed by atoms with E-state index in [0.717, 1.165) is 53.6 Å². The Kier molecular flexibility index (Phi) is 5.14. The molecule has 26 heavy (non-hydrogen) atoms. The first-order valence-corrected chi connectivity index (χ1v) is 10.5. The Hall–Kier alpha value is -1.66. The minimum absolute atomic E-state index is 0.0409. The molecule has 5 nitrogen and oxygen atoms in total. The van der Waals surface area contributed by atoms with Gasteiger partial charge in [0.25, 0.3) is 5.91 Å². The molecule has 140 valence electrons. The van der Waals surface area contributed by atoms with E-state index in [4.69, 9.17) is 9.72 Å². The van der Waals surface area contributed by atoms with E-state index >= 15 is 0 Å². The molecule has 1 aromatic heterocycles. The van der Waals surface area contributed by atoms with Crippen LogP contribution in [0.5, 0.6) is 0 Å². The van der Waals surface area contributed by atoms with Crippen LogP contribution in [0.3, 0.4) is 0 Å². The number of nitrogens with zero attached hydrogens (tertiary/aromatic N) is 2. The van der Waals surface area contributed by atoms with Crippen molar-refractivity contribution in [3.05, 3.63) is 23.8 Å². The molecule has 1 aromatic carbocycles. The molecule has 0 radical (unpaired) electrons. The fraction of sp³-hybridized carbons (Fsp3) is 0.600. The van der Waals surface area contributed by atoms with Crippen LogP contribution < -0.4 is 10.2 Å². The zero-order chi connectivity index (χ0) is 18.1. The van der Waals surface area contributed by atoms with Gasteiger partial charge in [0, 0.05) is 24.7 Å². The lowest BCUT2D eigenvalue weighted by atomic mass is 9.78. The van der Waals surface area contributed by atoms with Crippen molar-refractivity contribution in [3.8, 4) is 0 Å². The van der Waals surface area contributed by atoms with Crippen molar-refractivity contribution in [2.75, 3.05) is 31.2 Å². The Bertz CT molecular complexity index is 784. The maximum Gasteiger partial charge on any atom is 0.251 e. The minimum Gasteiger partial charge on any atom is -0.378 e. The fourth-order valence-corrected chi connectivity index (χ4v) is 5.04. The maximum atomic E-state index is 12.8. The molecule has 1 N–H and O–H groups in total. The number of aromatic nitrogens is 1. The minimum atomic E-state index is 0.0409. The summed E-state index contributed by atoms with van der Waals surface area (Å²) in [7, 11) is 0. The van der Waals surface area contributed by atoms with E-state index in [1.54, 1.807) is 11.3 Å². The monoisotopic (exact) mass is 373 g/mol. The lowest BCUT2D eigenvalue weighted by Gasteiger charge is -2.34. The summed E-state index contributed by atoms with van der Waals surface area (Å²) in [6.45, 7) is 7.81. The average molecular weight is 374 g/mol. The van der Waals surface area contributed by atoms with E-state index in [1.807, 2.05) is 18.2 Å². The predicted octanol–water partition coefficient (Wildman–Crippen LogP) is 3.69. The first-order chi connectivity index (χ1) is 12.6. The highest BCUT2D eigenvalue weighted by Gasteiger charge is 2.28. The number of ether oxygens (including phenoxy) is 1. The van der Waals surface area contributed by atoms with Crippen molar-refractivity contribution in [2.24, 2.45) is 11.8 Å². The van der Waals surface area contributed by atoms with Crippen molar-refractivity contribution in [1.29, 1.82) is 0 Å². The van der Waals surface area contributed by atoms with Gasteiger partial charge in [0.15, 0.2) is 5.13 Å². The van der Waals surface area contributed by atoms with Crippen LogP contribution in [0.2, 0.25) is 0 Å². The molecule has 2 fully saturated rings. The topological polar surface area (TPSA) is 54.5 Å². The van der Waals surface area contributed by atoms with Crippen LogP contribution in [0.25, 0.3) is 10.2 Å². The molecule has 2 heterocycles. The number of amides is 1. The van der Waals surface area contributed by atoms with Gasteiger partial charge in [-0.15, -0.1) is 0 Å². The smallest absolute Gasteiger partial charge is 0.251 e. The Labute approximate surface area is 158 Å². The summed E-state index contributed by atoms with van der Waals surface area (Å²) in [6.07, 6.45) is 3.55. The average Bonchev–Trinajstić information content (AvgIpc) is 3.09. The van der Waals surface area contributed by atoms with Gasteiger partial charge < -0.3 is 15.0 Å². The molecule has 1 aliphatic carbocycles. The van der Waals surface area contributed by atoms with E-state index in [-0.39, 0.29) is 11.9 Å². The van der Waals surface area contributed by atoms with E-state index < -0.39 is 0 Å². The second kappa shape index (κ2) is 7.53. The van der Waals surface area contributed by atoms with Crippen molar-refractivity contribution in [1.82, 2.24) is 10.3 Å². The summed E-state index contributed by atoms with van der Waals surface area (Å²) < 4.78 is 6.49.